The molecule has 0 aliphatic carbocycles. The van der Waals surface area contributed by atoms with Crippen LogP contribution in [0.4, 0.5) is 11.4 Å². The molecule has 6 heteroatoms. The van der Waals surface area contributed by atoms with Gasteiger partial charge in [-0.25, -0.2) is 0 Å². The van der Waals surface area contributed by atoms with Crippen molar-refractivity contribution in [2.24, 2.45) is 0 Å². The normalized spacial score (nSPS) is 20.6. The molecule has 0 spiro atoms. The van der Waals surface area contributed by atoms with Crippen molar-refractivity contribution >= 4 is 42.1 Å². The van der Waals surface area contributed by atoms with Gasteiger partial charge < -0.3 is 15.5 Å². The molecule has 2 unspecified atom stereocenters. The Morgan fingerprint density at radius 2 is 1.68 bits per heavy atom. The third-order valence-corrected chi connectivity index (χ3v) is 5.92. The SMILES string of the molecule is Cc1cccc(Nc2ccccc2C(=O)N2C3CCNCC2CC3)c1C.Cl.Cl. The zero-order valence-electron chi connectivity index (χ0n) is 16.4. The van der Waals surface area contributed by atoms with E-state index in [1.165, 1.54) is 11.1 Å². The fourth-order valence-corrected chi connectivity index (χ4v) is 4.26. The highest BCUT2D eigenvalue weighted by atomic mass is 35.5. The first-order chi connectivity index (χ1) is 12.6. The van der Waals surface area contributed by atoms with E-state index in [1.54, 1.807) is 0 Å². The van der Waals surface area contributed by atoms with E-state index < -0.39 is 0 Å². The van der Waals surface area contributed by atoms with Crippen molar-refractivity contribution in [1.82, 2.24) is 10.2 Å². The minimum atomic E-state index is 0. The summed E-state index contributed by atoms with van der Waals surface area (Å²) in [6, 6.07) is 14.8. The Hall–Kier alpha value is -1.75. The summed E-state index contributed by atoms with van der Waals surface area (Å²) in [5.74, 6) is 0.162. The van der Waals surface area contributed by atoms with Gasteiger partial charge in [0.15, 0.2) is 0 Å². The van der Waals surface area contributed by atoms with E-state index in [0.29, 0.717) is 12.1 Å². The van der Waals surface area contributed by atoms with E-state index in [0.717, 1.165) is 49.3 Å². The minimum absolute atomic E-state index is 0. The molecule has 0 saturated carbocycles. The summed E-state index contributed by atoms with van der Waals surface area (Å²) in [6.45, 7) is 6.14. The largest absolute Gasteiger partial charge is 0.355 e. The maximum Gasteiger partial charge on any atom is 0.256 e. The summed E-state index contributed by atoms with van der Waals surface area (Å²) >= 11 is 0. The third kappa shape index (κ3) is 4.29. The highest BCUT2D eigenvalue weighted by Gasteiger charge is 2.38. The van der Waals surface area contributed by atoms with E-state index in [9.17, 15) is 4.79 Å². The van der Waals surface area contributed by atoms with Crippen molar-refractivity contribution in [1.29, 1.82) is 0 Å². The highest BCUT2D eigenvalue weighted by molar-refractivity contribution is 6.01. The maximum atomic E-state index is 13.4. The molecule has 4 rings (SSSR count). The van der Waals surface area contributed by atoms with Gasteiger partial charge in [0, 0.05) is 24.3 Å². The Kier molecular flexibility index (Phi) is 7.76. The molecule has 2 atom stereocenters. The Balaban J connectivity index is 0.00000140. The standard InChI is InChI=1S/C22H27N3O.2ClH/c1-15-6-5-9-20(16(15)2)24-21-8-4-3-7-19(21)22(26)25-17-10-11-18(25)14-23-13-12-17;;/h3-9,17-18,23-24H,10-14H2,1-2H3;2*1H. The molecule has 2 heterocycles. The zero-order valence-corrected chi connectivity index (χ0v) is 18.0. The van der Waals surface area contributed by atoms with E-state index in [2.05, 4.69) is 47.6 Å². The molecule has 2 saturated heterocycles. The van der Waals surface area contributed by atoms with Crippen LogP contribution in [-0.4, -0.2) is 36.0 Å². The van der Waals surface area contributed by atoms with Gasteiger partial charge in [0.05, 0.1) is 11.3 Å². The lowest BCUT2D eigenvalue weighted by atomic mass is 10.1. The number of amides is 1. The molecule has 1 amide bonds. The molecular weight excluding hydrogens is 393 g/mol. The predicted octanol–water partition coefficient (Wildman–Crippen LogP) is 4.86. The number of fused-ring (bicyclic) bond motifs is 2. The molecule has 0 radical (unpaired) electrons. The number of benzene rings is 2. The molecule has 2 N–H and O–H groups in total. The van der Waals surface area contributed by atoms with Crippen LogP contribution in [0.2, 0.25) is 0 Å². The Labute approximate surface area is 179 Å². The van der Waals surface area contributed by atoms with Crippen molar-refractivity contribution in [2.75, 3.05) is 18.4 Å². The van der Waals surface area contributed by atoms with Crippen molar-refractivity contribution in [3.8, 4) is 0 Å². The van der Waals surface area contributed by atoms with Crippen molar-refractivity contribution in [2.45, 2.75) is 45.2 Å². The highest BCUT2D eigenvalue weighted by Crippen LogP contribution is 2.32. The van der Waals surface area contributed by atoms with Crippen LogP contribution in [0.25, 0.3) is 0 Å². The van der Waals surface area contributed by atoms with Crippen LogP contribution in [-0.2, 0) is 0 Å². The number of hydrogen-bond donors (Lipinski definition) is 2. The smallest absolute Gasteiger partial charge is 0.256 e. The number of rotatable bonds is 3. The first kappa shape index (κ1) is 22.5. The minimum Gasteiger partial charge on any atom is -0.355 e. The van der Waals surface area contributed by atoms with Crippen LogP contribution in [0.15, 0.2) is 42.5 Å². The topological polar surface area (TPSA) is 44.4 Å². The van der Waals surface area contributed by atoms with Crippen LogP contribution >= 0.6 is 24.8 Å². The fraction of sp³-hybridized carbons (Fsp3) is 0.409. The van der Waals surface area contributed by atoms with Gasteiger partial charge in [-0.05, 0) is 69.0 Å². The third-order valence-electron chi connectivity index (χ3n) is 5.92. The van der Waals surface area contributed by atoms with Gasteiger partial charge in [-0.3, -0.25) is 4.79 Å². The number of hydrogen-bond acceptors (Lipinski definition) is 3. The molecule has 28 heavy (non-hydrogen) atoms. The van der Waals surface area contributed by atoms with Gasteiger partial charge in [0.2, 0.25) is 0 Å². The molecule has 2 bridgehead atoms. The molecule has 2 fully saturated rings. The van der Waals surface area contributed by atoms with Crippen molar-refractivity contribution in [3.63, 3.8) is 0 Å². The molecule has 2 aliphatic heterocycles. The number of para-hydroxylation sites is 1. The Bertz CT molecular complexity index is 813. The lowest BCUT2D eigenvalue weighted by molar-refractivity contribution is 0.0681. The van der Waals surface area contributed by atoms with Crippen LogP contribution in [0, 0.1) is 13.8 Å². The van der Waals surface area contributed by atoms with Gasteiger partial charge in [0.1, 0.15) is 0 Å². The van der Waals surface area contributed by atoms with Gasteiger partial charge in [-0.1, -0.05) is 24.3 Å². The number of aryl methyl sites for hydroxylation is 1. The predicted molar refractivity (Wildman–Crippen MR) is 121 cm³/mol. The van der Waals surface area contributed by atoms with Crippen molar-refractivity contribution < 1.29 is 4.79 Å². The monoisotopic (exact) mass is 421 g/mol. The maximum absolute atomic E-state index is 13.4. The summed E-state index contributed by atoms with van der Waals surface area (Å²) < 4.78 is 0. The first-order valence-corrected chi connectivity index (χ1v) is 9.61. The Morgan fingerprint density at radius 3 is 2.50 bits per heavy atom. The number of nitrogens with zero attached hydrogens (tertiary/aromatic N) is 1. The summed E-state index contributed by atoms with van der Waals surface area (Å²) in [7, 11) is 0. The van der Waals surface area contributed by atoms with Gasteiger partial charge >= 0.3 is 0 Å². The van der Waals surface area contributed by atoms with Crippen LogP contribution < -0.4 is 10.6 Å². The second-order valence-electron chi connectivity index (χ2n) is 7.51. The number of anilines is 2. The van der Waals surface area contributed by atoms with Crippen LogP contribution in [0.1, 0.15) is 40.7 Å². The van der Waals surface area contributed by atoms with Crippen molar-refractivity contribution in [3.05, 3.63) is 59.2 Å². The summed E-state index contributed by atoms with van der Waals surface area (Å²) in [6.07, 6.45) is 3.29. The average Bonchev–Trinajstić information content (AvgIpc) is 2.91. The van der Waals surface area contributed by atoms with Gasteiger partial charge in [0.25, 0.3) is 5.91 Å². The quantitative estimate of drug-likeness (QED) is 0.743. The molecule has 2 aromatic carbocycles. The summed E-state index contributed by atoms with van der Waals surface area (Å²) in [5, 5.41) is 6.98. The summed E-state index contributed by atoms with van der Waals surface area (Å²) in [4.78, 5) is 15.6. The number of nitrogens with one attached hydrogen (secondary N) is 2. The van der Waals surface area contributed by atoms with E-state index in [-0.39, 0.29) is 30.7 Å². The molecule has 4 nitrogen and oxygen atoms in total. The van der Waals surface area contributed by atoms with E-state index >= 15 is 0 Å². The van der Waals surface area contributed by atoms with E-state index in [4.69, 9.17) is 0 Å². The number of carbonyl (C=O) groups is 1. The first-order valence-electron chi connectivity index (χ1n) is 9.61. The lowest BCUT2D eigenvalue weighted by Crippen LogP contribution is -2.42. The molecule has 0 aromatic heterocycles. The van der Waals surface area contributed by atoms with Gasteiger partial charge in [-0.15, -0.1) is 24.8 Å². The van der Waals surface area contributed by atoms with Crippen LogP contribution in [0.5, 0.6) is 0 Å². The second kappa shape index (κ2) is 9.64. The second-order valence-corrected chi connectivity index (χ2v) is 7.51. The molecule has 152 valence electrons. The lowest BCUT2D eigenvalue weighted by Gasteiger charge is -2.29. The number of halogens is 2. The van der Waals surface area contributed by atoms with E-state index in [1.807, 2.05) is 24.3 Å². The molecule has 2 aliphatic rings. The zero-order chi connectivity index (χ0) is 18.1. The molecular formula is C22H29Cl2N3O. The molecule has 2 aromatic rings. The number of carbonyl (C=O) groups excluding carboxylic acids is 1. The fourth-order valence-electron chi connectivity index (χ4n) is 4.26. The summed E-state index contributed by atoms with van der Waals surface area (Å²) in [5.41, 5.74) is 5.19. The average molecular weight is 422 g/mol. The van der Waals surface area contributed by atoms with Crippen LogP contribution in [0.3, 0.4) is 0 Å². The van der Waals surface area contributed by atoms with Gasteiger partial charge in [-0.2, -0.15) is 0 Å². The Morgan fingerprint density at radius 1 is 0.964 bits per heavy atom.